The van der Waals surface area contributed by atoms with Gasteiger partial charge in [0.1, 0.15) is 11.0 Å². The fourth-order valence-corrected chi connectivity index (χ4v) is 7.31. The molecule has 2 unspecified atom stereocenters. The Bertz CT molecular complexity index is 1990. The fraction of sp³-hybridized carbons (Fsp3) is 0.258. The number of methoxy groups -OCH3 is 1. The van der Waals surface area contributed by atoms with Crippen LogP contribution in [0.5, 0.6) is 5.75 Å². The number of hydrogen-bond acceptors (Lipinski definition) is 9. The molecule has 47 heavy (non-hydrogen) atoms. The molecule has 1 aliphatic carbocycles. The van der Waals surface area contributed by atoms with Gasteiger partial charge in [-0.25, -0.2) is 13.6 Å². The van der Waals surface area contributed by atoms with Gasteiger partial charge in [-0.15, -0.1) is 11.3 Å². The molecule has 2 atom stereocenters. The highest BCUT2D eigenvalue weighted by Crippen LogP contribution is 2.53. The Balaban J connectivity index is 1.50. The Morgan fingerprint density at radius 1 is 1.06 bits per heavy atom. The van der Waals surface area contributed by atoms with Crippen LogP contribution in [-0.4, -0.2) is 61.5 Å². The first-order chi connectivity index (χ1) is 22.5. The first-order valence-electron chi connectivity index (χ1n) is 14.1. The smallest absolute Gasteiger partial charge is 0.451 e. The third kappa shape index (κ3) is 4.90. The summed E-state index contributed by atoms with van der Waals surface area (Å²) >= 11 is 0.410. The lowest BCUT2D eigenvalue weighted by Gasteiger charge is -2.51. The summed E-state index contributed by atoms with van der Waals surface area (Å²) in [5.74, 6) is -3.69. The van der Waals surface area contributed by atoms with E-state index in [1.165, 1.54) is 21.8 Å². The second-order valence-corrected chi connectivity index (χ2v) is 11.7. The summed E-state index contributed by atoms with van der Waals surface area (Å²) in [7, 11) is 1.07. The molecule has 0 spiro atoms. The number of thiophene rings is 1. The maximum Gasteiger partial charge on any atom is 0.510 e. The maximum atomic E-state index is 16.0. The summed E-state index contributed by atoms with van der Waals surface area (Å²) in [6.45, 7) is -0.608. The molecule has 10 nitrogen and oxygen atoms in total. The predicted molar refractivity (Wildman–Crippen MR) is 155 cm³/mol. The van der Waals surface area contributed by atoms with Gasteiger partial charge in [-0.05, 0) is 28.8 Å². The van der Waals surface area contributed by atoms with Gasteiger partial charge in [0.15, 0.2) is 17.3 Å². The Hall–Kier alpha value is -4.96. The molecule has 244 valence electrons. The van der Waals surface area contributed by atoms with Crippen molar-refractivity contribution in [2.24, 2.45) is 0 Å². The number of carbonyl (C=O) groups excluding carboxylic acids is 2. The monoisotopic (exact) mass is 675 g/mol. The summed E-state index contributed by atoms with van der Waals surface area (Å²) < 4.78 is 94.7. The first kappa shape index (κ1) is 30.7. The zero-order valence-corrected chi connectivity index (χ0v) is 25.0. The van der Waals surface area contributed by atoms with E-state index in [-0.39, 0.29) is 47.0 Å². The van der Waals surface area contributed by atoms with Crippen LogP contribution in [0, 0.1) is 11.6 Å². The van der Waals surface area contributed by atoms with Gasteiger partial charge < -0.3 is 23.8 Å². The number of hydrogen-bond donors (Lipinski definition) is 0. The standard InChI is InChI=1S/C31H22F5N3O7S/c1-43-30(42)46-14-45-27-20(40)8-9-38-26(27)29(41)37-10-11-44-13-22(37)39(38)25-15-4-2-3-5-16(15)28-18(12-21(47-28)31(34,35)36)23-17(25)6-7-19(32)24(23)33/h2-9,12,22,25H,10-11,13-14H2,1H3. The molecule has 4 heterocycles. The molecule has 1 saturated heterocycles. The van der Waals surface area contributed by atoms with Gasteiger partial charge in [-0.1, -0.05) is 30.3 Å². The van der Waals surface area contributed by atoms with Crippen molar-refractivity contribution in [3.63, 3.8) is 0 Å². The quantitative estimate of drug-likeness (QED) is 0.159. The highest BCUT2D eigenvalue weighted by atomic mass is 32.1. The number of ether oxygens (including phenoxy) is 4. The molecule has 16 heteroatoms. The fourth-order valence-electron chi connectivity index (χ4n) is 6.23. The SMILES string of the molecule is COC(=O)OCOc1c2n(ccc1=O)N(C1c3ccccc3-c3sc(C(F)(F)F)cc3-c3c1ccc(F)c3F)C1COCCN1C2=O. The Morgan fingerprint density at radius 2 is 1.85 bits per heavy atom. The molecule has 0 N–H and O–H groups in total. The van der Waals surface area contributed by atoms with Crippen molar-refractivity contribution >= 4 is 23.4 Å². The van der Waals surface area contributed by atoms with Crippen molar-refractivity contribution in [3.05, 3.63) is 98.3 Å². The molecule has 0 saturated carbocycles. The van der Waals surface area contributed by atoms with Gasteiger partial charge in [-0.3, -0.25) is 19.3 Å². The molecule has 7 rings (SSSR count). The van der Waals surface area contributed by atoms with Gasteiger partial charge in [0.05, 0.1) is 26.4 Å². The van der Waals surface area contributed by atoms with E-state index in [1.807, 2.05) is 0 Å². The van der Waals surface area contributed by atoms with Crippen LogP contribution in [-0.2, 0) is 20.4 Å². The molecule has 0 bridgehead atoms. The van der Waals surface area contributed by atoms with Crippen molar-refractivity contribution in [1.82, 2.24) is 9.58 Å². The minimum Gasteiger partial charge on any atom is -0.451 e. The number of aromatic nitrogens is 1. The molecule has 1 amide bonds. The van der Waals surface area contributed by atoms with E-state index in [4.69, 9.17) is 14.2 Å². The number of carbonyl (C=O) groups is 2. The zero-order chi connectivity index (χ0) is 33.2. The number of halogens is 5. The summed E-state index contributed by atoms with van der Waals surface area (Å²) in [6.07, 6.45) is -5.43. The number of benzene rings is 2. The van der Waals surface area contributed by atoms with Crippen molar-refractivity contribution < 1.29 is 50.5 Å². The first-order valence-corrected chi connectivity index (χ1v) is 14.9. The number of morpholine rings is 1. The molecular formula is C31H22F5N3O7S. The van der Waals surface area contributed by atoms with E-state index in [0.29, 0.717) is 22.5 Å². The lowest BCUT2D eigenvalue weighted by molar-refractivity contribution is -0.134. The van der Waals surface area contributed by atoms with Crippen LogP contribution >= 0.6 is 11.3 Å². The molecule has 3 aliphatic rings. The number of rotatable bonds is 4. The van der Waals surface area contributed by atoms with Gasteiger partial charge in [-0.2, -0.15) is 13.2 Å². The Kier molecular flexibility index (Phi) is 7.43. The van der Waals surface area contributed by atoms with E-state index in [1.54, 1.807) is 29.3 Å². The lowest BCUT2D eigenvalue weighted by atomic mass is 9.91. The second kappa shape index (κ2) is 11.4. The number of amides is 1. The molecule has 2 aromatic carbocycles. The average Bonchev–Trinajstić information content (AvgIpc) is 3.47. The molecule has 1 fully saturated rings. The minimum atomic E-state index is -4.75. The molecule has 2 aliphatic heterocycles. The predicted octanol–water partition coefficient (Wildman–Crippen LogP) is 5.51. The third-order valence-corrected chi connectivity index (χ3v) is 9.38. The lowest BCUT2D eigenvalue weighted by Crippen LogP contribution is -2.66. The molecular weight excluding hydrogens is 653 g/mol. The second-order valence-electron chi connectivity index (χ2n) is 10.7. The average molecular weight is 676 g/mol. The van der Waals surface area contributed by atoms with Crippen LogP contribution in [0.15, 0.2) is 59.5 Å². The highest BCUT2D eigenvalue weighted by Gasteiger charge is 2.47. The largest absolute Gasteiger partial charge is 0.510 e. The van der Waals surface area contributed by atoms with Gasteiger partial charge in [0.2, 0.25) is 18.0 Å². The molecule has 0 radical (unpaired) electrons. The summed E-state index contributed by atoms with van der Waals surface area (Å²) in [5, 5.41) is 1.62. The zero-order valence-electron chi connectivity index (χ0n) is 24.2. The maximum absolute atomic E-state index is 16.0. The van der Waals surface area contributed by atoms with Crippen LogP contribution < -0.4 is 15.2 Å². The van der Waals surface area contributed by atoms with Crippen LogP contribution in [0.25, 0.3) is 21.6 Å². The van der Waals surface area contributed by atoms with Crippen LogP contribution in [0.1, 0.15) is 32.5 Å². The molecule has 2 aromatic heterocycles. The third-order valence-electron chi connectivity index (χ3n) is 8.17. The normalized spacial score (nSPS) is 18.3. The van der Waals surface area contributed by atoms with Gasteiger partial charge >= 0.3 is 12.3 Å². The van der Waals surface area contributed by atoms with Gasteiger partial charge in [0.25, 0.3) is 5.91 Å². The number of fused-ring (bicyclic) bond motifs is 7. The van der Waals surface area contributed by atoms with Crippen molar-refractivity contribution in [1.29, 1.82) is 0 Å². The van der Waals surface area contributed by atoms with Crippen LogP contribution in [0.4, 0.5) is 26.7 Å². The summed E-state index contributed by atoms with van der Waals surface area (Å²) in [6, 6.07) is 9.55. The minimum absolute atomic E-state index is 0.0450. The van der Waals surface area contributed by atoms with Crippen molar-refractivity contribution in [2.45, 2.75) is 18.4 Å². The summed E-state index contributed by atoms with van der Waals surface area (Å²) in [4.78, 5) is 39.1. The van der Waals surface area contributed by atoms with E-state index >= 15 is 4.39 Å². The van der Waals surface area contributed by atoms with E-state index in [0.717, 1.165) is 25.3 Å². The van der Waals surface area contributed by atoms with Crippen molar-refractivity contribution in [2.75, 3.05) is 38.7 Å². The van der Waals surface area contributed by atoms with E-state index in [2.05, 4.69) is 4.74 Å². The van der Waals surface area contributed by atoms with E-state index < -0.39 is 64.9 Å². The highest BCUT2D eigenvalue weighted by molar-refractivity contribution is 7.16. The topological polar surface area (TPSA) is 99.5 Å². The van der Waals surface area contributed by atoms with Crippen LogP contribution in [0.2, 0.25) is 0 Å². The number of pyridine rings is 1. The Morgan fingerprint density at radius 3 is 2.62 bits per heavy atom. The Labute approximate surface area is 266 Å². The molecule has 4 aromatic rings. The number of nitrogens with zero attached hydrogens (tertiary/aromatic N) is 3. The van der Waals surface area contributed by atoms with Crippen molar-refractivity contribution in [3.8, 4) is 27.3 Å². The number of alkyl halides is 3. The van der Waals surface area contributed by atoms with Crippen LogP contribution in [0.3, 0.4) is 0 Å². The van der Waals surface area contributed by atoms with Gasteiger partial charge in [0, 0.05) is 34.8 Å². The summed E-state index contributed by atoms with van der Waals surface area (Å²) in [5.41, 5.74) is -0.658. The van der Waals surface area contributed by atoms with E-state index in [9.17, 15) is 31.9 Å².